The molecule has 0 spiro atoms. The second kappa shape index (κ2) is 13.3. The van der Waals surface area contributed by atoms with E-state index in [9.17, 15) is 19.5 Å². The zero-order chi connectivity index (χ0) is 33.4. The first-order valence-electron chi connectivity index (χ1n) is 16.3. The molecule has 9 nitrogen and oxygen atoms in total. The molecule has 0 saturated carbocycles. The van der Waals surface area contributed by atoms with Gasteiger partial charge >= 0.3 is 0 Å². The topological polar surface area (TPSA) is 117 Å². The summed E-state index contributed by atoms with van der Waals surface area (Å²) in [4.78, 5) is 51.7. The van der Waals surface area contributed by atoms with Gasteiger partial charge in [-0.25, -0.2) is 4.98 Å². The summed E-state index contributed by atoms with van der Waals surface area (Å²) in [5, 5.41) is 16.9. The molecule has 2 amide bonds. The fraction of sp³-hybridized carbons (Fsp3) is 0.324. The molecular weight excluding hydrogens is 649 g/mol. The first kappa shape index (κ1) is 32.2. The minimum absolute atomic E-state index is 0.0484. The third kappa shape index (κ3) is 6.55. The van der Waals surface area contributed by atoms with Crippen LogP contribution in [0.25, 0.3) is 21.8 Å². The molecule has 1 atom stereocenters. The monoisotopic (exact) mass is 683 g/mol. The first-order valence-corrected chi connectivity index (χ1v) is 17.0. The van der Waals surface area contributed by atoms with Crippen molar-refractivity contribution in [3.05, 3.63) is 116 Å². The van der Waals surface area contributed by atoms with Crippen molar-refractivity contribution in [3.63, 3.8) is 0 Å². The van der Waals surface area contributed by atoms with Crippen LogP contribution in [0.1, 0.15) is 52.9 Å². The van der Waals surface area contributed by atoms with Crippen LogP contribution >= 0.6 is 23.2 Å². The summed E-state index contributed by atoms with van der Waals surface area (Å²) in [6.07, 6.45) is 6.18. The zero-order valence-corrected chi connectivity index (χ0v) is 27.8. The van der Waals surface area contributed by atoms with Crippen LogP contribution in [-0.4, -0.2) is 61.1 Å². The van der Waals surface area contributed by atoms with Gasteiger partial charge in [0.25, 0.3) is 11.5 Å². The molecule has 3 aromatic carbocycles. The molecule has 246 valence electrons. The van der Waals surface area contributed by atoms with Gasteiger partial charge in [0.05, 0.1) is 39.9 Å². The lowest BCUT2D eigenvalue weighted by Crippen LogP contribution is -2.55. The second-order valence-electron chi connectivity index (χ2n) is 12.9. The highest BCUT2D eigenvalue weighted by Gasteiger charge is 2.37. The van der Waals surface area contributed by atoms with Crippen LogP contribution in [-0.2, 0) is 30.6 Å². The summed E-state index contributed by atoms with van der Waals surface area (Å²) >= 11 is 12.8. The maximum atomic E-state index is 14.0. The summed E-state index contributed by atoms with van der Waals surface area (Å²) in [5.74, 6) is -0.605. The summed E-state index contributed by atoms with van der Waals surface area (Å²) < 4.78 is 1.41. The Kier molecular flexibility index (Phi) is 8.94. The maximum absolute atomic E-state index is 14.0. The average molecular weight is 685 g/mol. The molecule has 0 radical (unpaired) electrons. The van der Waals surface area contributed by atoms with Gasteiger partial charge in [0.1, 0.15) is 6.04 Å². The van der Waals surface area contributed by atoms with Crippen LogP contribution in [0, 0.1) is 0 Å². The normalized spacial score (nSPS) is 16.4. The van der Waals surface area contributed by atoms with Gasteiger partial charge in [-0.15, -0.1) is 0 Å². The van der Waals surface area contributed by atoms with E-state index in [-0.39, 0.29) is 49.8 Å². The minimum Gasteiger partial charge on any atom is -0.388 e. The average Bonchev–Trinajstić information content (AvgIpc) is 3.09. The molecular formula is C37H35Cl2N5O4. The van der Waals surface area contributed by atoms with Gasteiger partial charge in [-0.3, -0.25) is 23.9 Å². The highest BCUT2D eigenvalue weighted by Crippen LogP contribution is 2.33. The number of hydrogen-bond acceptors (Lipinski definition) is 6. The van der Waals surface area contributed by atoms with Crippen LogP contribution in [0.5, 0.6) is 0 Å². The van der Waals surface area contributed by atoms with Crippen molar-refractivity contribution in [1.29, 1.82) is 0 Å². The van der Waals surface area contributed by atoms with Gasteiger partial charge in [-0.2, -0.15) is 0 Å². The fourth-order valence-electron chi connectivity index (χ4n) is 6.88. The molecule has 5 aromatic rings. The van der Waals surface area contributed by atoms with E-state index in [0.29, 0.717) is 38.4 Å². The molecule has 0 bridgehead atoms. The van der Waals surface area contributed by atoms with Crippen LogP contribution in [0.15, 0.2) is 77.9 Å². The number of pyridine rings is 1. The van der Waals surface area contributed by atoms with E-state index in [1.807, 2.05) is 36.4 Å². The Morgan fingerprint density at radius 1 is 0.938 bits per heavy atom. The number of carbonyl (C=O) groups is 2. The molecule has 1 fully saturated rings. The Morgan fingerprint density at radius 3 is 2.48 bits per heavy atom. The molecule has 2 N–H and O–H groups in total. The van der Waals surface area contributed by atoms with Gasteiger partial charge in [0, 0.05) is 41.2 Å². The number of nitrogens with one attached hydrogen (secondary N) is 1. The summed E-state index contributed by atoms with van der Waals surface area (Å²) in [5.41, 5.74) is 3.08. The smallest absolute Gasteiger partial charge is 0.261 e. The number of halogens is 2. The molecule has 1 aliphatic carbocycles. The Hall–Kier alpha value is -4.31. The highest BCUT2D eigenvalue weighted by atomic mass is 35.5. The zero-order valence-electron chi connectivity index (χ0n) is 26.3. The molecule has 2 aliphatic rings. The summed E-state index contributed by atoms with van der Waals surface area (Å²) in [6.45, 7) is 0.587. The lowest BCUT2D eigenvalue weighted by Gasteiger charge is -2.39. The Bertz CT molecular complexity index is 2090. The number of fused-ring (bicyclic) bond motifs is 3. The molecule has 1 aliphatic heterocycles. The van der Waals surface area contributed by atoms with Gasteiger partial charge in [-0.05, 0) is 80.0 Å². The van der Waals surface area contributed by atoms with Gasteiger partial charge in [0.2, 0.25) is 5.91 Å². The van der Waals surface area contributed by atoms with E-state index < -0.39 is 11.6 Å². The number of aliphatic hydroxyl groups is 1. The van der Waals surface area contributed by atoms with E-state index in [0.717, 1.165) is 47.9 Å². The molecule has 7 rings (SSSR count). The van der Waals surface area contributed by atoms with Crippen molar-refractivity contribution < 1.29 is 14.7 Å². The van der Waals surface area contributed by atoms with Crippen LogP contribution in [0.2, 0.25) is 10.0 Å². The molecule has 2 aromatic heterocycles. The highest BCUT2D eigenvalue weighted by molar-refractivity contribution is 6.36. The van der Waals surface area contributed by atoms with E-state index in [1.165, 1.54) is 10.9 Å². The number of aromatic nitrogens is 3. The fourth-order valence-corrected chi connectivity index (χ4v) is 7.41. The lowest BCUT2D eigenvalue weighted by atomic mass is 9.90. The van der Waals surface area contributed by atoms with Gasteiger partial charge in [-0.1, -0.05) is 59.6 Å². The number of amides is 2. The summed E-state index contributed by atoms with van der Waals surface area (Å²) in [6, 6.07) is 18.9. The standard InChI is InChI=1S/C37H35Cl2N5O4/c38-25-11-13-28-30(20-25)40-22-44(35(28)46)21-37(48)14-16-43(17-15-37)36(47)32(18-23-6-2-1-3-7-23)42-34(45)24-10-12-27-31(19-24)41-29-9-5-4-8-26(29)33(27)39/h1-3,6-7,10-13,19-20,22,32,48H,4-5,8-9,14-18,21H2,(H,42,45)/t32-/m0/s1. The van der Waals surface area contributed by atoms with Crippen LogP contribution < -0.4 is 10.9 Å². The van der Waals surface area contributed by atoms with E-state index in [4.69, 9.17) is 28.2 Å². The molecule has 11 heteroatoms. The van der Waals surface area contributed by atoms with Crippen molar-refractivity contribution in [2.75, 3.05) is 13.1 Å². The van der Waals surface area contributed by atoms with Gasteiger partial charge < -0.3 is 15.3 Å². The number of hydrogen-bond donors (Lipinski definition) is 2. The Labute approximate surface area is 287 Å². The van der Waals surface area contributed by atoms with Crippen molar-refractivity contribution >= 4 is 56.8 Å². The van der Waals surface area contributed by atoms with Crippen LogP contribution in [0.3, 0.4) is 0 Å². The number of likely N-dealkylation sites (tertiary alicyclic amines) is 1. The van der Waals surface area contributed by atoms with E-state index in [1.54, 1.807) is 35.2 Å². The maximum Gasteiger partial charge on any atom is 0.261 e. The number of carbonyl (C=O) groups excluding carboxylic acids is 2. The first-order chi connectivity index (χ1) is 23.2. The van der Waals surface area contributed by atoms with Crippen molar-refractivity contribution in [1.82, 2.24) is 24.8 Å². The van der Waals surface area contributed by atoms with Gasteiger partial charge in [0.15, 0.2) is 0 Å². The Balaban J connectivity index is 1.08. The molecule has 1 saturated heterocycles. The molecule has 0 unspecified atom stereocenters. The SMILES string of the molecule is O=C(N[C@@H](Cc1ccccc1)C(=O)N1CCC(O)(Cn2cnc3cc(Cl)ccc3c2=O)CC1)c1ccc2c(Cl)c3c(nc2c1)CCCC3. The number of piperidine rings is 1. The van der Waals surface area contributed by atoms with Crippen molar-refractivity contribution in [3.8, 4) is 0 Å². The van der Waals surface area contributed by atoms with Crippen molar-refractivity contribution in [2.45, 2.75) is 63.1 Å². The van der Waals surface area contributed by atoms with E-state index in [2.05, 4.69) is 10.3 Å². The quantitative estimate of drug-likeness (QED) is 0.233. The predicted molar refractivity (Wildman–Crippen MR) is 187 cm³/mol. The second-order valence-corrected chi connectivity index (χ2v) is 13.7. The minimum atomic E-state index is -1.21. The number of rotatable bonds is 7. The third-order valence-electron chi connectivity index (χ3n) is 9.60. The number of aryl methyl sites for hydroxylation is 1. The Morgan fingerprint density at radius 2 is 1.69 bits per heavy atom. The third-order valence-corrected chi connectivity index (χ3v) is 10.3. The molecule has 48 heavy (non-hydrogen) atoms. The number of benzene rings is 3. The van der Waals surface area contributed by atoms with Crippen molar-refractivity contribution in [2.24, 2.45) is 0 Å². The van der Waals surface area contributed by atoms with Crippen LogP contribution in [0.4, 0.5) is 0 Å². The lowest BCUT2D eigenvalue weighted by molar-refractivity contribution is -0.138. The predicted octanol–water partition coefficient (Wildman–Crippen LogP) is 5.53. The number of nitrogens with zero attached hydrogens (tertiary/aromatic N) is 4. The van der Waals surface area contributed by atoms with E-state index >= 15 is 0 Å². The molecule has 3 heterocycles. The largest absolute Gasteiger partial charge is 0.388 e. The summed E-state index contributed by atoms with van der Waals surface area (Å²) in [7, 11) is 0.